The van der Waals surface area contributed by atoms with Crippen LogP contribution in [-0.4, -0.2) is 82.5 Å². The Labute approximate surface area is 406 Å². The first kappa shape index (κ1) is 47.6. The van der Waals surface area contributed by atoms with Crippen LogP contribution in [0.4, 0.5) is 22.7 Å². The van der Waals surface area contributed by atoms with E-state index in [0.29, 0.717) is 81.5 Å². The van der Waals surface area contributed by atoms with E-state index >= 15 is 0 Å². The zero-order valence-corrected chi connectivity index (χ0v) is 40.6. The first-order valence-electron chi connectivity index (χ1n) is 24.6. The van der Waals surface area contributed by atoms with Gasteiger partial charge in [-0.25, -0.2) is 0 Å². The molecule has 69 heavy (non-hydrogen) atoms. The molecule has 0 N–H and O–H groups in total. The van der Waals surface area contributed by atoms with Crippen LogP contribution in [0.25, 0.3) is 0 Å². The van der Waals surface area contributed by atoms with Gasteiger partial charge in [0.05, 0.1) is 44.2 Å². The van der Waals surface area contributed by atoms with Crippen LogP contribution in [0.15, 0.2) is 96.0 Å². The Bertz CT molecular complexity index is 2730. The van der Waals surface area contributed by atoms with Crippen molar-refractivity contribution in [2.24, 2.45) is 10.9 Å². The highest BCUT2D eigenvalue weighted by Crippen LogP contribution is 2.42. The number of benzene rings is 5. The molecule has 5 aromatic carbocycles. The molecule has 360 valence electrons. The smallest absolute Gasteiger partial charge is 0.261 e. The Kier molecular flexibility index (Phi) is 14.8. The summed E-state index contributed by atoms with van der Waals surface area (Å²) in [6.45, 7) is 11.9. The molecule has 12 heteroatoms. The van der Waals surface area contributed by atoms with Crippen LogP contribution in [0, 0.1) is 12.8 Å². The van der Waals surface area contributed by atoms with Gasteiger partial charge in [-0.2, -0.15) is 0 Å². The molecule has 4 aliphatic heterocycles. The number of fused-ring (bicyclic) bond motifs is 8. The summed E-state index contributed by atoms with van der Waals surface area (Å²) in [5, 5.41) is 0. The number of aliphatic imine (C=N–C) groups is 1. The van der Waals surface area contributed by atoms with Crippen molar-refractivity contribution in [3.8, 4) is 17.2 Å². The molecule has 4 aliphatic rings. The summed E-state index contributed by atoms with van der Waals surface area (Å²) in [6, 6.07) is 30.1. The van der Waals surface area contributed by atoms with E-state index in [0.717, 1.165) is 81.9 Å². The Balaban J connectivity index is 0.986. The lowest BCUT2D eigenvalue weighted by molar-refractivity contribution is -0.121. The van der Waals surface area contributed by atoms with Gasteiger partial charge in [0.25, 0.3) is 11.8 Å². The minimum Gasteiger partial charge on any atom is -0.493 e. The zero-order chi connectivity index (χ0) is 48.0. The number of ether oxygens (including phenoxy) is 5. The van der Waals surface area contributed by atoms with Crippen LogP contribution in [0.1, 0.15) is 101 Å². The number of ketones is 1. The quantitative estimate of drug-likeness (QED) is 0.0663. The van der Waals surface area contributed by atoms with Crippen molar-refractivity contribution >= 4 is 46.6 Å². The Hall–Kier alpha value is -6.50. The number of carbonyl (C=O) groups is 3. The molecule has 0 fully saturated rings. The number of methoxy groups -OCH3 is 1. The first-order valence-corrected chi connectivity index (χ1v) is 24.6. The molecule has 0 saturated heterocycles. The van der Waals surface area contributed by atoms with Crippen LogP contribution < -0.4 is 28.9 Å². The van der Waals surface area contributed by atoms with Crippen LogP contribution in [0.2, 0.25) is 0 Å². The highest BCUT2D eigenvalue weighted by atomic mass is 16.5. The minimum atomic E-state index is -0.180. The van der Waals surface area contributed by atoms with Crippen molar-refractivity contribution in [1.82, 2.24) is 0 Å². The zero-order valence-electron chi connectivity index (χ0n) is 40.6. The summed E-state index contributed by atoms with van der Waals surface area (Å²) in [5.41, 5.74) is 10.6. The maximum atomic E-state index is 14.2. The van der Waals surface area contributed by atoms with Crippen LogP contribution >= 0.6 is 0 Å². The normalized spacial score (nSPS) is 16.6. The fraction of sp³-hybridized carbons (Fsp3) is 0.404. The van der Waals surface area contributed by atoms with Gasteiger partial charge in [-0.15, -0.1) is 0 Å². The number of hydrogen-bond acceptors (Lipinski definition) is 10. The Morgan fingerprint density at radius 2 is 1.42 bits per heavy atom. The molecule has 0 radical (unpaired) electrons. The molecule has 4 heterocycles. The monoisotopic (exact) mass is 932 g/mol. The van der Waals surface area contributed by atoms with E-state index in [-0.39, 0.29) is 48.8 Å². The molecular formula is C57H64N4O8. The van der Waals surface area contributed by atoms with E-state index < -0.39 is 0 Å². The van der Waals surface area contributed by atoms with E-state index in [2.05, 4.69) is 54.3 Å². The molecule has 0 aromatic heterocycles. The van der Waals surface area contributed by atoms with E-state index in [1.807, 2.05) is 73.2 Å². The van der Waals surface area contributed by atoms with Crippen LogP contribution in [0.3, 0.4) is 0 Å². The van der Waals surface area contributed by atoms with Gasteiger partial charge in [0, 0.05) is 79.4 Å². The molecule has 0 saturated carbocycles. The largest absolute Gasteiger partial charge is 0.493 e. The molecule has 5 aromatic rings. The highest BCUT2D eigenvalue weighted by molar-refractivity contribution is 6.15. The summed E-state index contributed by atoms with van der Waals surface area (Å²) in [7, 11) is 1.58. The number of nitrogens with zero attached hydrogens (tertiary/aromatic N) is 4. The fourth-order valence-corrected chi connectivity index (χ4v) is 10.1. The van der Waals surface area contributed by atoms with E-state index in [9.17, 15) is 14.4 Å². The van der Waals surface area contributed by atoms with Crippen molar-refractivity contribution < 1.29 is 38.1 Å². The predicted molar refractivity (Wildman–Crippen MR) is 270 cm³/mol. The topological polar surface area (TPSA) is 119 Å². The van der Waals surface area contributed by atoms with E-state index in [4.69, 9.17) is 28.7 Å². The molecule has 9 rings (SSSR count). The standard InChI is InChI=1S/C57H64N4O8/c1-6-21-66-23-24-67-22-20-59(19-11-16-52(62)37(2)3)45-27-39(35-68-53-31-41-17-18-44-29-42-12-7-9-14-50(42)60(44)56(63)47(41)25-38(53)4)26-40(28-45)36-69-55-33-49-48(32-54(55)65-5)57(64)61-46(34-58-49)30-43-13-8-10-15-51(43)61/h7-10,12-15,25-28,31-34,37,44,46H,6,11,16-24,29-30,35-36H2,1-5H3/t44-,46+/m1/s1. The van der Waals surface area contributed by atoms with Gasteiger partial charge in [-0.05, 0) is 121 Å². The van der Waals surface area contributed by atoms with Gasteiger partial charge in [0.1, 0.15) is 24.7 Å². The van der Waals surface area contributed by atoms with Crippen molar-refractivity contribution in [1.29, 1.82) is 0 Å². The van der Waals surface area contributed by atoms with Crippen molar-refractivity contribution in [2.45, 2.75) is 97.9 Å². The summed E-state index contributed by atoms with van der Waals surface area (Å²) >= 11 is 0. The third-order valence-electron chi connectivity index (χ3n) is 13.7. The molecule has 12 nitrogen and oxygen atoms in total. The average Bonchev–Trinajstić information content (AvgIpc) is 3.85. The second-order valence-corrected chi connectivity index (χ2v) is 18.9. The number of aryl methyl sites for hydroxylation is 2. The number of carbonyl (C=O) groups excluding carboxylic acids is 3. The number of Topliss-reactive ketones (excluding diaryl/α,β-unsaturated/α-hetero) is 1. The molecule has 0 aliphatic carbocycles. The van der Waals surface area contributed by atoms with Gasteiger partial charge >= 0.3 is 0 Å². The molecule has 2 atom stereocenters. The SMILES string of the molecule is CCCOCCOCCN(CCCC(=O)C(C)C)c1cc(COc2cc3c(cc2C)C(=O)N2c4ccccc4C[C@H]2CC3)cc(COc2cc3c(cc2OC)C(=O)N2c4ccccc4C[C@H]2C=N3)c1. The average molecular weight is 933 g/mol. The number of amides is 2. The Morgan fingerprint density at radius 3 is 2.14 bits per heavy atom. The lowest BCUT2D eigenvalue weighted by Gasteiger charge is -2.26. The number of rotatable bonds is 21. The van der Waals surface area contributed by atoms with Gasteiger partial charge < -0.3 is 33.5 Å². The first-order chi connectivity index (χ1) is 33.6. The molecular weight excluding hydrogens is 869 g/mol. The number of hydrogen-bond donors (Lipinski definition) is 0. The van der Waals surface area contributed by atoms with Crippen molar-refractivity contribution in [3.63, 3.8) is 0 Å². The van der Waals surface area contributed by atoms with E-state index in [1.54, 1.807) is 19.2 Å². The highest BCUT2D eigenvalue weighted by Gasteiger charge is 2.38. The molecule has 0 spiro atoms. The summed E-state index contributed by atoms with van der Waals surface area (Å²) in [5.74, 6) is 1.77. The van der Waals surface area contributed by atoms with Gasteiger partial charge in [-0.3, -0.25) is 24.3 Å². The molecule has 2 amide bonds. The number of anilines is 3. The van der Waals surface area contributed by atoms with Crippen LogP contribution in [0.5, 0.6) is 17.2 Å². The molecule has 0 unspecified atom stereocenters. The maximum absolute atomic E-state index is 14.2. The molecule has 0 bridgehead atoms. The van der Waals surface area contributed by atoms with Crippen LogP contribution in [-0.2, 0) is 46.7 Å². The van der Waals surface area contributed by atoms with Gasteiger partial charge in [-0.1, -0.05) is 57.2 Å². The summed E-state index contributed by atoms with van der Waals surface area (Å²) < 4.78 is 30.9. The minimum absolute atomic E-state index is 0.0276. The second-order valence-electron chi connectivity index (χ2n) is 18.9. The lowest BCUT2D eigenvalue weighted by atomic mass is 9.98. The van der Waals surface area contributed by atoms with E-state index in [1.165, 1.54) is 5.56 Å². The second kappa shape index (κ2) is 21.4. The summed E-state index contributed by atoms with van der Waals surface area (Å²) in [6.07, 6.45) is 7.21. The van der Waals surface area contributed by atoms with Crippen molar-refractivity contribution in [2.75, 3.05) is 61.3 Å². The number of para-hydroxylation sites is 2. The third kappa shape index (κ3) is 10.4. The maximum Gasteiger partial charge on any atom is 0.261 e. The van der Waals surface area contributed by atoms with Gasteiger partial charge in [0.15, 0.2) is 11.5 Å². The predicted octanol–water partition coefficient (Wildman–Crippen LogP) is 10.2. The Morgan fingerprint density at radius 1 is 0.739 bits per heavy atom. The third-order valence-corrected chi connectivity index (χ3v) is 13.7. The van der Waals surface area contributed by atoms with Gasteiger partial charge in [0.2, 0.25) is 0 Å². The van der Waals surface area contributed by atoms with Crippen molar-refractivity contribution in [3.05, 3.63) is 136 Å². The fourth-order valence-electron chi connectivity index (χ4n) is 10.1. The lowest BCUT2D eigenvalue weighted by Crippen LogP contribution is -2.37. The summed E-state index contributed by atoms with van der Waals surface area (Å²) in [4.78, 5) is 52.0.